The maximum atomic E-state index is 13.2. The molecule has 39 heavy (non-hydrogen) atoms. The van der Waals surface area contributed by atoms with Gasteiger partial charge in [-0.2, -0.15) is 0 Å². The third kappa shape index (κ3) is 5.85. The number of para-hydroxylation sites is 1. The number of esters is 2. The fraction of sp³-hybridized carbons (Fsp3) is 0.241. The minimum absolute atomic E-state index is 0.196. The van der Waals surface area contributed by atoms with E-state index in [1.807, 2.05) is 29.6 Å². The topological polar surface area (TPSA) is 133 Å². The van der Waals surface area contributed by atoms with E-state index in [2.05, 4.69) is 10.6 Å². The number of thiazole rings is 1. The normalized spacial score (nSPS) is 13.6. The highest BCUT2D eigenvalue weighted by Gasteiger charge is 2.39. The van der Waals surface area contributed by atoms with Crippen molar-refractivity contribution in [2.24, 2.45) is 5.73 Å². The van der Waals surface area contributed by atoms with Crippen molar-refractivity contribution in [2.75, 3.05) is 18.5 Å². The largest absolute Gasteiger partial charge is 0.463 e. The van der Waals surface area contributed by atoms with E-state index >= 15 is 0 Å². The van der Waals surface area contributed by atoms with Crippen molar-refractivity contribution in [3.05, 3.63) is 87.6 Å². The molecule has 4 rings (SSSR count). The molecule has 0 saturated carbocycles. The van der Waals surface area contributed by atoms with E-state index in [4.69, 9.17) is 20.2 Å². The van der Waals surface area contributed by atoms with Gasteiger partial charge >= 0.3 is 11.9 Å². The molecule has 0 saturated heterocycles. The Bertz CT molecular complexity index is 1430. The van der Waals surface area contributed by atoms with Crippen molar-refractivity contribution in [3.63, 3.8) is 0 Å². The summed E-state index contributed by atoms with van der Waals surface area (Å²) in [5.41, 5.74) is 10.6. The number of aromatic nitrogens is 1. The monoisotopic (exact) mass is 546 g/mol. The van der Waals surface area contributed by atoms with Gasteiger partial charge in [0, 0.05) is 33.6 Å². The third-order valence-corrected chi connectivity index (χ3v) is 6.99. The average Bonchev–Trinajstić information content (AvgIpc) is 3.37. The molecular weight excluding hydrogens is 516 g/mol. The summed E-state index contributed by atoms with van der Waals surface area (Å²) in [5.74, 6) is -2.23. The van der Waals surface area contributed by atoms with Crippen LogP contribution in [0.5, 0.6) is 0 Å². The zero-order chi connectivity index (χ0) is 28.1. The molecular formula is C29H30N4O5S. The third-order valence-electron chi connectivity index (χ3n) is 6.23. The van der Waals surface area contributed by atoms with Gasteiger partial charge < -0.3 is 25.8 Å². The first-order valence-corrected chi connectivity index (χ1v) is 13.4. The van der Waals surface area contributed by atoms with Gasteiger partial charge in [-0.1, -0.05) is 30.3 Å². The summed E-state index contributed by atoms with van der Waals surface area (Å²) in [6.07, 6.45) is 0. The van der Waals surface area contributed by atoms with Crippen LogP contribution >= 0.6 is 11.3 Å². The number of benzene rings is 2. The molecule has 1 aromatic heterocycles. The Balaban J connectivity index is 1.74. The van der Waals surface area contributed by atoms with Crippen LogP contribution in [-0.2, 0) is 19.1 Å². The molecule has 202 valence electrons. The number of hydrogen-bond donors (Lipinski definition) is 3. The van der Waals surface area contributed by atoms with Gasteiger partial charge in [-0.25, -0.2) is 14.6 Å². The van der Waals surface area contributed by atoms with Crippen LogP contribution in [0, 0.1) is 0 Å². The number of nitrogens with two attached hydrogens (primary N) is 1. The number of nitrogens with one attached hydrogen (secondary N) is 2. The molecule has 10 heteroatoms. The molecule has 0 bridgehead atoms. The lowest BCUT2D eigenvalue weighted by Crippen LogP contribution is -2.32. The van der Waals surface area contributed by atoms with Crippen molar-refractivity contribution < 1.29 is 23.9 Å². The van der Waals surface area contributed by atoms with E-state index in [1.54, 1.807) is 52.0 Å². The van der Waals surface area contributed by atoms with Crippen LogP contribution in [-0.4, -0.2) is 36.0 Å². The van der Waals surface area contributed by atoms with Crippen molar-refractivity contribution in [1.82, 2.24) is 10.3 Å². The van der Waals surface area contributed by atoms with Crippen LogP contribution in [0.4, 0.5) is 10.8 Å². The number of amides is 1. The van der Waals surface area contributed by atoms with Crippen LogP contribution in [0.15, 0.2) is 76.5 Å². The van der Waals surface area contributed by atoms with E-state index in [-0.39, 0.29) is 13.2 Å². The van der Waals surface area contributed by atoms with E-state index < -0.39 is 23.8 Å². The summed E-state index contributed by atoms with van der Waals surface area (Å²) in [6, 6.07) is 14.4. The standard InChI is InChI=1S/C29H30N4O5S/c1-5-37-27(35)23-16(3)31-17(4)24(28(36)38-6-2)25(23)20-9-7-8-10-21(20)32-29-33-22(15-39-29)18-11-13-19(14-12-18)26(30)34/h7-15,25,31H,5-6H2,1-4H3,(H2,30,34)(H,32,33). The van der Waals surface area contributed by atoms with Gasteiger partial charge in [0.1, 0.15) is 0 Å². The molecule has 3 aromatic rings. The summed E-state index contributed by atoms with van der Waals surface area (Å²) in [4.78, 5) is 42.4. The number of nitrogens with zero attached hydrogens (tertiary/aromatic N) is 1. The summed E-state index contributed by atoms with van der Waals surface area (Å²) >= 11 is 1.40. The Hall–Kier alpha value is -4.44. The lowest BCUT2D eigenvalue weighted by atomic mass is 9.79. The summed E-state index contributed by atoms with van der Waals surface area (Å²) in [5, 5.41) is 9.04. The molecule has 0 spiro atoms. The van der Waals surface area contributed by atoms with Crippen molar-refractivity contribution in [1.29, 1.82) is 0 Å². The molecule has 0 atom stereocenters. The minimum Gasteiger partial charge on any atom is -0.463 e. The Morgan fingerprint density at radius 3 is 2.10 bits per heavy atom. The summed E-state index contributed by atoms with van der Waals surface area (Å²) in [6.45, 7) is 7.45. The number of carbonyl (C=O) groups excluding carboxylic acids is 3. The zero-order valence-electron chi connectivity index (χ0n) is 22.2. The minimum atomic E-state index is -0.728. The number of carbonyl (C=O) groups is 3. The zero-order valence-corrected chi connectivity index (χ0v) is 23.0. The molecule has 0 fully saturated rings. The predicted molar refractivity (Wildman–Crippen MR) is 150 cm³/mol. The van der Waals surface area contributed by atoms with Gasteiger partial charge in [-0.05, 0) is 51.5 Å². The molecule has 0 unspecified atom stereocenters. The quantitative estimate of drug-likeness (QED) is 0.319. The fourth-order valence-corrected chi connectivity index (χ4v) is 5.24. The first-order chi connectivity index (χ1) is 18.7. The van der Waals surface area contributed by atoms with Crippen molar-refractivity contribution in [2.45, 2.75) is 33.6 Å². The van der Waals surface area contributed by atoms with Crippen molar-refractivity contribution >= 4 is 40.0 Å². The molecule has 1 aliphatic rings. The molecule has 0 aliphatic carbocycles. The number of dihydropyridines is 1. The Morgan fingerprint density at radius 2 is 1.54 bits per heavy atom. The summed E-state index contributed by atoms with van der Waals surface area (Å²) in [7, 11) is 0. The number of allylic oxidation sites excluding steroid dienone is 2. The van der Waals surface area contributed by atoms with E-state index in [1.165, 1.54) is 11.3 Å². The van der Waals surface area contributed by atoms with Crippen LogP contribution < -0.4 is 16.4 Å². The second-order valence-electron chi connectivity index (χ2n) is 8.77. The van der Waals surface area contributed by atoms with Crippen molar-refractivity contribution in [3.8, 4) is 11.3 Å². The van der Waals surface area contributed by atoms with Gasteiger partial charge in [-0.15, -0.1) is 11.3 Å². The van der Waals surface area contributed by atoms with Crippen LogP contribution in [0.2, 0.25) is 0 Å². The van der Waals surface area contributed by atoms with Crippen LogP contribution in [0.3, 0.4) is 0 Å². The van der Waals surface area contributed by atoms with Gasteiger partial charge in [0.25, 0.3) is 0 Å². The van der Waals surface area contributed by atoms with Crippen LogP contribution in [0.1, 0.15) is 49.5 Å². The Labute approximate surface area is 230 Å². The number of rotatable bonds is 9. The number of ether oxygens (including phenoxy) is 2. The fourth-order valence-electron chi connectivity index (χ4n) is 4.51. The molecule has 1 amide bonds. The van der Waals surface area contributed by atoms with E-state index in [0.717, 1.165) is 11.3 Å². The van der Waals surface area contributed by atoms with E-state index in [0.29, 0.717) is 44.5 Å². The highest BCUT2D eigenvalue weighted by Crippen LogP contribution is 2.43. The Morgan fingerprint density at radius 1 is 0.949 bits per heavy atom. The Kier molecular flexibility index (Phi) is 8.46. The van der Waals surface area contributed by atoms with Gasteiger partial charge in [0.05, 0.1) is 36.0 Å². The maximum Gasteiger partial charge on any atom is 0.336 e. The molecule has 2 heterocycles. The predicted octanol–water partition coefficient (Wildman–Crippen LogP) is 5.01. The van der Waals surface area contributed by atoms with Gasteiger partial charge in [-0.3, -0.25) is 4.79 Å². The molecule has 2 aromatic carbocycles. The van der Waals surface area contributed by atoms with Gasteiger partial charge in [0.2, 0.25) is 5.91 Å². The SMILES string of the molecule is CCOC(=O)C1=C(C)NC(C)=C(C(=O)OCC)C1c1ccccc1Nc1nc(-c2ccc(C(N)=O)cc2)cs1. The maximum absolute atomic E-state index is 13.2. The number of hydrogen-bond acceptors (Lipinski definition) is 9. The van der Waals surface area contributed by atoms with E-state index in [9.17, 15) is 14.4 Å². The number of primary amides is 1. The number of anilines is 2. The first kappa shape index (κ1) is 27.6. The highest BCUT2D eigenvalue weighted by molar-refractivity contribution is 7.14. The van der Waals surface area contributed by atoms with Gasteiger partial charge in [0.15, 0.2) is 5.13 Å². The summed E-state index contributed by atoms with van der Waals surface area (Å²) < 4.78 is 10.8. The lowest BCUT2D eigenvalue weighted by Gasteiger charge is -2.31. The molecule has 1 aliphatic heterocycles. The van der Waals surface area contributed by atoms with Crippen LogP contribution in [0.25, 0.3) is 11.3 Å². The second-order valence-corrected chi connectivity index (χ2v) is 9.63. The molecule has 4 N–H and O–H groups in total. The highest BCUT2D eigenvalue weighted by atomic mass is 32.1. The lowest BCUT2D eigenvalue weighted by molar-refractivity contribution is -0.139. The molecule has 9 nitrogen and oxygen atoms in total. The molecule has 0 radical (unpaired) electrons. The second kappa shape index (κ2) is 12.0. The first-order valence-electron chi connectivity index (χ1n) is 12.5. The average molecular weight is 547 g/mol. The smallest absolute Gasteiger partial charge is 0.336 e.